The first kappa shape index (κ1) is 19.9. The van der Waals surface area contributed by atoms with Gasteiger partial charge in [0, 0.05) is 32.5 Å². The van der Waals surface area contributed by atoms with Crippen LogP contribution in [0, 0.1) is 11.3 Å². The zero-order chi connectivity index (χ0) is 21.5. The number of carbonyl (C=O) groups is 4. The van der Waals surface area contributed by atoms with Gasteiger partial charge in [0.05, 0.1) is 23.7 Å². The largest absolute Gasteiger partial charge is 0.452 e. The minimum absolute atomic E-state index is 0.107. The first-order valence-corrected chi connectivity index (χ1v) is 9.95. The van der Waals surface area contributed by atoms with E-state index in [0.717, 1.165) is 12.8 Å². The van der Waals surface area contributed by atoms with Crippen LogP contribution in [0.1, 0.15) is 42.5 Å². The van der Waals surface area contributed by atoms with Gasteiger partial charge in [-0.3, -0.25) is 19.3 Å². The molecule has 0 spiro atoms. The first-order chi connectivity index (χ1) is 14.4. The topological polar surface area (TPSA) is 111 Å². The van der Waals surface area contributed by atoms with Gasteiger partial charge in [0.1, 0.15) is 0 Å². The zero-order valence-electron chi connectivity index (χ0n) is 16.7. The van der Waals surface area contributed by atoms with Crippen molar-refractivity contribution < 1.29 is 23.9 Å². The van der Waals surface area contributed by atoms with Gasteiger partial charge in [0.2, 0.25) is 11.6 Å². The van der Waals surface area contributed by atoms with Crippen LogP contribution in [-0.2, 0) is 19.1 Å². The van der Waals surface area contributed by atoms with E-state index in [-0.39, 0.29) is 43.7 Å². The maximum atomic E-state index is 13.4. The second-order valence-corrected chi connectivity index (χ2v) is 7.77. The van der Waals surface area contributed by atoms with E-state index in [1.165, 1.54) is 21.7 Å². The van der Waals surface area contributed by atoms with E-state index in [4.69, 9.17) is 10.00 Å². The number of hydrogen-bond donors (Lipinski definition) is 0. The van der Waals surface area contributed by atoms with Gasteiger partial charge in [0.15, 0.2) is 6.61 Å². The Labute approximate surface area is 173 Å². The molecule has 0 aromatic heterocycles. The number of anilines is 1. The summed E-state index contributed by atoms with van der Waals surface area (Å²) < 4.78 is 5.37. The highest BCUT2D eigenvalue weighted by Crippen LogP contribution is 2.49. The fourth-order valence-electron chi connectivity index (χ4n) is 4.21. The van der Waals surface area contributed by atoms with Gasteiger partial charge in [-0.25, -0.2) is 4.79 Å². The molecule has 3 aliphatic rings. The summed E-state index contributed by atoms with van der Waals surface area (Å²) in [6.45, 7) is -0.290. The van der Waals surface area contributed by atoms with Crippen molar-refractivity contribution in [1.29, 1.82) is 5.26 Å². The summed E-state index contributed by atoms with van der Waals surface area (Å²) in [6.07, 6.45) is 1.90. The summed E-state index contributed by atoms with van der Waals surface area (Å²) in [5.74, 6) is -1.78. The molecule has 0 radical (unpaired) electrons. The highest BCUT2D eigenvalue weighted by Gasteiger charge is 2.64. The number of hydrogen-bond acceptors (Lipinski definition) is 6. The lowest BCUT2D eigenvalue weighted by Crippen LogP contribution is -2.69. The maximum absolute atomic E-state index is 13.4. The van der Waals surface area contributed by atoms with Gasteiger partial charge in [-0.1, -0.05) is 12.1 Å². The molecule has 1 saturated heterocycles. The SMILES string of the molecule is CN(CCC#N)C(=O)COC(=O)[C@@]12CCC(=O)N1c1ccccc1C(=O)N2C1CC1. The molecule has 1 saturated carbocycles. The molecule has 1 aromatic rings. The molecule has 0 unspecified atom stereocenters. The summed E-state index contributed by atoms with van der Waals surface area (Å²) in [5, 5.41) is 8.66. The summed E-state index contributed by atoms with van der Waals surface area (Å²) in [5.41, 5.74) is -0.776. The molecule has 0 bridgehead atoms. The van der Waals surface area contributed by atoms with Gasteiger partial charge in [-0.15, -0.1) is 0 Å². The molecule has 9 nitrogen and oxygen atoms in total. The number of amides is 3. The summed E-state index contributed by atoms with van der Waals surface area (Å²) in [4.78, 5) is 55.9. The molecule has 0 N–H and O–H groups in total. The number of esters is 1. The highest BCUT2D eigenvalue weighted by molar-refractivity contribution is 6.15. The number of carbonyl (C=O) groups excluding carboxylic acids is 4. The van der Waals surface area contributed by atoms with Crippen LogP contribution in [0.3, 0.4) is 0 Å². The van der Waals surface area contributed by atoms with E-state index in [2.05, 4.69) is 0 Å². The van der Waals surface area contributed by atoms with Gasteiger partial charge in [-0.2, -0.15) is 5.26 Å². The Morgan fingerprint density at radius 3 is 2.73 bits per heavy atom. The van der Waals surface area contributed by atoms with E-state index in [1.54, 1.807) is 24.3 Å². The van der Waals surface area contributed by atoms with Crippen LogP contribution < -0.4 is 4.90 Å². The maximum Gasteiger partial charge on any atom is 0.354 e. The highest BCUT2D eigenvalue weighted by atomic mass is 16.5. The Morgan fingerprint density at radius 1 is 1.30 bits per heavy atom. The van der Waals surface area contributed by atoms with Crippen molar-refractivity contribution in [2.75, 3.05) is 25.1 Å². The van der Waals surface area contributed by atoms with Crippen molar-refractivity contribution in [2.24, 2.45) is 0 Å². The van der Waals surface area contributed by atoms with Crippen LogP contribution in [0.4, 0.5) is 5.69 Å². The average Bonchev–Trinajstić information content (AvgIpc) is 3.52. The lowest BCUT2D eigenvalue weighted by molar-refractivity contribution is -0.162. The molecular formula is C21H22N4O5. The van der Waals surface area contributed by atoms with Gasteiger partial charge >= 0.3 is 5.97 Å². The molecule has 3 amide bonds. The molecule has 2 fully saturated rings. The number of fused-ring (bicyclic) bond motifs is 3. The molecule has 4 rings (SSSR count). The monoisotopic (exact) mass is 410 g/mol. The molecule has 1 atom stereocenters. The molecule has 1 aliphatic carbocycles. The Morgan fingerprint density at radius 2 is 2.03 bits per heavy atom. The van der Waals surface area contributed by atoms with E-state index < -0.39 is 24.1 Å². The second-order valence-electron chi connectivity index (χ2n) is 7.77. The molecule has 2 aliphatic heterocycles. The minimum atomic E-state index is -1.56. The van der Waals surface area contributed by atoms with Crippen LogP contribution in [-0.4, -0.2) is 65.4 Å². The lowest BCUT2D eigenvalue weighted by atomic mass is 9.96. The molecular weight excluding hydrogens is 388 g/mol. The Kier molecular flexibility index (Phi) is 4.94. The molecule has 2 heterocycles. The predicted octanol–water partition coefficient (Wildman–Crippen LogP) is 1.04. The smallest absolute Gasteiger partial charge is 0.354 e. The summed E-state index contributed by atoms with van der Waals surface area (Å²) >= 11 is 0. The number of benzene rings is 1. The Balaban J connectivity index is 1.65. The van der Waals surface area contributed by atoms with Crippen LogP contribution in [0.15, 0.2) is 24.3 Å². The number of rotatable bonds is 6. The van der Waals surface area contributed by atoms with Gasteiger partial charge in [-0.05, 0) is 25.0 Å². The third kappa shape index (κ3) is 3.00. The quantitative estimate of drug-likeness (QED) is 0.648. The zero-order valence-corrected chi connectivity index (χ0v) is 16.7. The van der Waals surface area contributed by atoms with Crippen molar-refractivity contribution >= 4 is 29.4 Å². The fourth-order valence-corrected chi connectivity index (χ4v) is 4.21. The number of nitriles is 1. The van der Waals surface area contributed by atoms with Crippen molar-refractivity contribution in [3.05, 3.63) is 29.8 Å². The van der Waals surface area contributed by atoms with Gasteiger partial charge < -0.3 is 14.5 Å². The summed E-state index contributed by atoms with van der Waals surface area (Å²) in [7, 11) is 1.52. The van der Waals surface area contributed by atoms with Crippen molar-refractivity contribution in [1.82, 2.24) is 9.80 Å². The van der Waals surface area contributed by atoms with Crippen LogP contribution >= 0.6 is 0 Å². The van der Waals surface area contributed by atoms with Crippen LogP contribution in [0.2, 0.25) is 0 Å². The van der Waals surface area contributed by atoms with Crippen molar-refractivity contribution in [3.8, 4) is 6.07 Å². The molecule has 30 heavy (non-hydrogen) atoms. The Bertz CT molecular complexity index is 966. The van der Waals surface area contributed by atoms with E-state index >= 15 is 0 Å². The van der Waals surface area contributed by atoms with Crippen LogP contribution in [0.5, 0.6) is 0 Å². The van der Waals surface area contributed by atoms with Crippen molar-refractivity contribution in [3.63, 3.8) is 0 Å². The molecule has 156 valence electrons. The fraction of sp³-hybridized carbons (Fsp3) is 0.476. The average molecular weight is 410 g/mol. The predicted molar refractivity (Wildman–Crippen MR) is 104 cm³/mol. The molecule has 1 aromatic carbocycles. The number of nitrogens with zero attached hydrogens (tertiary/aromatic N) is 4. The van der Waals surface area contributed by atoms with E-state index in [0.29, 0.717) is 11.3 Å². The lowest BCUT2D eigenvalue weighted by Gasteiger charge is -2.48. The number of para-hydroxylation sites is 1. The van der Waals surface area contributed by atoms with Gasteiger partial charge in [0.25, 0.3) is 11.8 Å². The normalized spacial score (nSPS) is 22.3. The standard InChI is InChI=1S/C21H22N4O5/c1-23(12-4-11-22)18(27)13-30-20(29)21-10-9-17(26)25(21)16-6-3-2-5-15(16)19(28)24(21)14-7-8-14/h2-3,5-6,14H,4,7-10,12-13H2,1H3/t21-/m1/s1. The van der Waals surface area contributed by atoms with Crippen LogP contribution in [0.25, 0.3) is 0 Å². The van der Waals surface area contributed by atoms with Crippen molar-refractivity contribution in [2.45, 2.75) is 43.8 Å². The minimum Gasteiger partial charge on any atom is -0.452 e. The second kappa shape index (κ2) is 7.44. The first-order valence-electron chi connectivity index (χ1n) is 9.95. The number of likely N-dealkylation sites (N-methyl/N-ethyl adjacent to an activating group) is 1. The number of ether oxygens (including phenoxy) is 1. The van der Waals surface area contributed by atoms with E-state index in [1.807, 2.05) is 6.07 Å². The van der Waals surface area contributed by atoms with E-state index in [9.17, 15) is 19.2 Å². The summed E-state index contributed by atoms with van der Waals surface area (Å²) in [6, 6.07) is 8.57. The third-order valence-electron chi connectivity index (χ3n) is 5.85. The third-order valence-corrected chi connectivity index (χ3v) is 5.85. The Hall–Kier alpha value is -3.41. The molecule has 9 heteroatoms.